The Hall–Kier alpha value is -2.15. The van der Waals surface area contributed by atoms with Crippen molar-refractivity contribution in [2.45, 2.75) is 6.04 Å². The molecule has 0 radical (unpaired) electrons. The van der Waals surface area contributed by atoms with Gasteiger partial charge in [0.05, 0.1) is 27.4 Å². The van der Waals surface area contributed by atoms with Gasteiger partial charge in [-0.25, -0.2) is 9.78 Å². The normalized spacial score (nSPS) is 18.5. The first-order valence-corrected chi connectivity index (χ1v) is 6.14. The van der Waals surface area contributed by atoms with Crippen LogP contribution in [0.15, 0.2) is 18.3 Å². The van der Waals surface area contributed by atoms with E-state index in [1.807, 2.05) is 0 Å². The van der Waals surface area contributed by atoms with Crippen LogP contribution in [-0.2, 0) is 14.3 Å². The second-order valence-corrected chi connectivity index (χ2v) is 4.17. The molecule has 0 aromatic carbocycles. The average molecular weight is 280 g/mol. The molecule has 20 heavy (non-hydrogen) atoms. The van der Waals surface area contributed by atoms with Crippen molar-refractivity contribution in [1.82, 2.24) is 9.88 Å². The van der Waals surface area contributed by atoms with Crippen molar-refractivity contribution >= 4 is 11.9 Å². The molecule has 0 N–H and O–H groups in total. The standard InChI is InChI=1S/C13H16N2O5/c1-18-11-9(4-3-5-14-11)12(16)15-6-7-20-8-10(15)13(17)19-2/h3-5,10H,6-8H2,1-2H3. The molecular formula is C13H16N2O5. The summed E-state index contributed by atoms with van der Waals surface area (Å²) in [7, 11) is 2.72. The molecule has 2 rings (SSSR count). The van der Waals surface area contributed by atoms with Gasteiger partial charge in [-0.05, 0) is 12.1 Å². The van der Waals surface area contributed by atoms with Crippen molar-refractivity contribution in [3.8, 4) is 5.88 Å². The highest BCUT2D eigenvalue weighted by molar-refractivity contribution is 5.98. The number of ether oxygens (including phenoxy) is 3. The third-order valence-electron chi connectivity index (χ3n) is 3.06. The van der Waals surface area contributed by atoms with E-state index in [0.717, 1.165) is 0 Å². The van der Waals surface area contributed by atoms with E-state index < -0.39 is 12.0 Å². The summed E-state index contributed by atoms with van der Waals surface area (Å²) in [5.74, 6) is -0.595. The molecule has 1 saturated heterocycles. The second-order valence-electron chi connectivity index (χ2n) is 4.17. The zero-order valence-corrected chi connectivity index (χ0v) is 11.4. The maximum absolute atomic E-state index is 12.6. The van der Waals surface area contributed by atoms with Gasteiger partial charge < -0.3 is 19.1 Å². The number of esters is 1. The van der Waals surface area contributed by atoms with Crippen LogP contribution in [0.3, 0.4) is 0 Å². The molecule has 1 fully saturated rings. The first kappa shape index (κ1) is 14.3. The minimum atomic E-state index is -0.744. The number of aromatic nitrogens is 1. The SMILES string of the molecule is COC(=O)C1COCCN1C(=O)c1cccnc1OC. The Morgan fingerprint density at radius 1 is 1.45 bits per heavy atom. The molecule has 0 saturated carbocycles. The Bertz CT molecular complexity index is 505. The number of rotatable bonds is 3. The summed E-state index contributed by atoms with van der Waals surface area (Å²) in [6.45, 7) is 0.819. The Balaban J connectivity index is 2.27. The van der Waals surface area contributed by atoms with Crippen LogP contribution >= 0.6 is 0 Å². The largest absolute Gasteiger partial charge is 0.480 e. The predicted molar refractivity (Wildman–Crippen MR) is 68.4 cm³/mol. The molecule has 1 atom stereocenters. The van der Waals surface area contributed by atoms with Crippen LogP contribution in [0.5, 0.6) is 5.88 Å². The van der Waals surface area contributed by atoms with Crippen molar-refractivity contribution in [3.05, 3.63) is 23.9 Å². The van der Waals surface area contributed by atoms with Gasteiger partial charge in [-0.2, -0.15) is 0 Å². The lowest BCUT2D eigenvalue weighted by Gasteiger charge is -2.33. The molecule has 2 heterocycles. The topological polar surface area (TPSA) is 78.0 Å². The van der Waals surface area contributed by atoms with Gasteiger partial charge in [-0.3, -0.25) is 4.79 Å². The van der Waals surface area contributed by atoms with Gasteiger partial charge in [0.1, 0.15) is 5.56 Å². The molecule has 7 nitrogen and oxygen atoms in total. The number of amides is 1. The lowest BCUT2D eigenvalue weighted by atomic mass is 10.1. The van der Waals surface area contributed by atoms with E-state index in [2.05, 4.69) is 4.98 Å². The molecule has 1 aliphatic heterocycles. The Labute approximate surface area is 116 Å². The van der Waals surface area contributed by atoms with Crippen LogP contribution in [0.4, 0.5) is 0 Å². The highest BCUT2D eigenvalue weighted by Gasteiger charge is 2.35. The van der Waals surface area contributed by atoms with Gasteiger partial charge >= 0.3 is 5.97 Å². The predicted octanol–water partition coefficient (Wildman–Crippen LogP) is 0.104. The zero-order valence-electron chi connectivity index (χ0n) is 11.4. The molecule has 1 aliphatic rings. The van der Waals surface area contributed by atoms with E-state index in [1.165, 1.54) is 25.3 Å². The Morgan fingerprint density at radius 3 is 2.95 bits per heavy atom. The van der Waals surface area contributed by atoms with Gasteiger partial charge in [-0.15, -0.1) is 0 Å². The molecule has 7 heteroatoms. The fourth-order valence-electron chi connectivity index (χ4n) is 2.05. The molecule has 1 aromatic heterocycles. The highest BCUT2D eigenvalue weighted by Crippen LogP contribution is 2.19. The van der Waals surface area contributed by atoms with E-state index in [-0.39, 0.29) is 18.4 Å². The summed E-state index contributed by atoms with van der Waals surface area (Å²) < 4.78 is 15.0. The molecule has 0 aliphatic carbocycles. The van der Waals surface area contributed by atoms with E-state index in [0.29, 0.717) is 18.7 Å². The summed E-state index contributed by atoms with van der Waals surface area (Å²) in [4.78, 5) is 29.7. The van der Waals surface area contributed by atoms with Crippen LogP contribution in [-0.4, -0.2) is 61.8 Å². The smallest absolute Gasteiger partial charge is 0.331 e. The monoisotopic (exact) mass is 280 g/mol. The number of nitrogens with zero attached hydrogens (tertiary/aromatic N) is 2. The number of hydrogen-bond acceptors (Lipinski definition) is 6. The Morgan fingerprint density at radius 2 is 2.25 bits per heavy atom. The minimum Gasteiger partial charge on any atom is -0.480 e. The number of morpholine rings is 1. The van der Waals surface area contributed by atoms with Crippen molar-refractivity contribution in [1.29, 1.82) is 0 Å². The number of carbonyl (C=O) groups is 2. The first-order chi connectivity index (χ1) is 9.69. The number of hydrogen-bond donors (Lipinski definition) is 0. The number of methoxy groups -OCH3 is 2. The molecule has 1 aromatic rings. The molecule has 0 spiro atoms. The third-order valence-corrected chi connectivity index (χ3v) is 3.06. The van der Waals surface area contributed by atoms with Crippen LogP contribution < -0.4 is 4.74 Å². The van der Waals surface area contributed by atoms with Crippen LogP contribution in [0, 0.1) is 0 Å². The van der Waals surface area contributed by atoms with Crippen molar-refractivity contribution < 1.29 is 23.8 Å². The molecule has 1 unspecified atom stereocenters. The van der Waals surface area contributed by atoms with Crippen molar-refractivity contribution in [2.24, 2.45) is 0 Å². The van der Waals surface area contributed by atoms with Gasteiger partial charge in [0.15, 0.2) is 6.04 Å². The van der Waals surface area contributed by atoms with Crippen LogP contribution in [0.25, 0.3) is 0 Å². The summed E-state index contributed by atoms with van der Waals surface area (Å²) >= 11 is 0. The van der Waals surface area contributed by atoms with E-state index in [9.17, 15) is 9.59 Å². The summed E-state index contributed by atoms with van der Waals surface area (Å²) in [6, 6.07) is 2.51. The van der Waals surface area contributed by atoms with Crippen molar-refractivity contribution in [2.75, 3.05) is 34.0 Å². The summed E-state index contributed by atoms with van der Waals surface area (Å²) in [6.07, 6.45) is 1.53. The van der Waals surface area contributed by atoms with Gasteiger partial charge in [0.25, 0.3) is 5.91 Å². The quantitative estimate of drug-likeness (QED) is 0.731. The fourth-order valence-corrected chi connectivity index (χ4v) is 2.05. The molecule has 1 amide bonds. The van der Waals surface area contributed by atoms with Gasteiger partial charge in [0, 0.05) is 12.7 Å². The van der Waals surface area contributed by atoms with E-state index >= 15 is 0 Å². The molecule has 0 bridgehead atoms. The lowest BCUT2D eigenvalue weighted by Crippen LogP contribution is -2.53. The van der Waals surface area contributed by atoms with E-state index in [1.54, 1.807) is 12.1 Å². The zero-order chi connectivity index (χ0) is 14.5. The maximum Gasteiger partial charge on any atom is 0.331 e. The van der Waals surface area contributed by atoms with E-state index in [4.69, 9.17) is 14.2 Å². The Kier molecular flexibility index (Phi) is 4.52. The van der Waals surface area contributed by atoms with Gasteiger partial charge in [-0.1, -0.05) is 0 Å². The first-order valence-electron chi connectivity index (χ1n) is 6.14. The lowest BCUT2D eigenvalue weighted by molar-refractivity contribution is -0.151. The number of carbonyl (C=O) groups excluding carboxylic acids is 2. The fraction of sp³-hybridized carbons (Fsp3) is 0.462. The van der Waals surface area contributed by atoms with Crippen molar-refractivity contribution in [3.63, 3.8) is 0 Å². The maximum atomic E-state index is 12.6. The summed E-state index contributed by atoms with van der Waals surface area (Å²) in [5.41, 5.74) is 0.311. The molecular weight excluding hydrogens is 264 g/mol. The minimum absolute atomic E-state index is 0.126. The van der Waals surface area contributed by atoms with Crippen LogP contribution in [0.2, 0.25) is 0 Å². The number of pyridine rings is 1. The average Bonchev–Trinajstić information content (AvgIpc) is 2.53. The van der Waals surface area contributed by atoms with Gasteiger partial charge in [0.2, 0.25) is 5.88 Å². The van der Waals surface area contributed by atoms with Crippen LogP contribution in [0.1, 0.15) is 10.4 Å². The highest BCUT2D eigenvalue weighted by atomic mass is 16.5. The second kappa shape index (κ2) is 6.33. The summed E-state index contributed by atoms with van der Waals surface area (Å²) in [5, 5.41) is 0. The molecule has 108 valence electrons. The third kappa shape index (κ3) is 2.72.